The number of carbonyl (C=O) groups is 1. The molecular weight excluding hydrogens is 542 g/mol. The number of terminal acetylenes is 1. The van der Waals surface area contributed by atoms with Crippen LogP contribution >= 0.6 is 0 Å². The molecule has 1 atom stereocenters. The van der Waals surface area contributed by atoms with E-state index in [9.17, 15) is 14.4 Å². The van der Waals surface area contributed by atoms with Gasteiger partial charge in [0.05, 0.1) is 36.6 Å². The molecule has 5 rings (SSSR count). The highest BCUT2D eigenvalue weighted by Gasteiger charge is 2.35. The number of anilines is 1. The minimum absolute atomic E-state index is 0.0109. The Morgan fingerprint density at radius 1 is 1.19 bits per heavy atom. The average Bonchev–Trinajstić information content (AvgIpc) is 2.96. The van der Waals surface area contributed by atoms with E-state index in [-0.39, 0.29) is 42.3 Å². The van der Waals surface area contributed by atoms with Gasteiger partial charge in [-0.3, -0.25) is 4.98 Å². The molecule has 214 valence electrons. The van der Waals surface area contributed by atoms with Gasteiger partial charge < -0.3 is 19.3 Å². The van der Waals surface area contributed by atoms with Crippen molar-refractivity contribution >= 4 is 33.6 Å². The normalized spacial score (nSPS) is 15.4. The highest BCUT2D eigenvalue weighted by molar-refractivity contribution is 6.02. The third kappa shape index (κ3) is 5.21. The quantitative estimate of drug-likeness (QED) is 0.298. The van der Waals surface area contributed by atoms with E-state index in [1.54, 1.807) is 45.0 Å². The highest BCUT2D eigenvalue weighted by Crippen LogP contribution is 2.37. The van der Waals surface area contributed by atoms with Gasteiger partial charge in [0.15, 0.2) is 5.82 Å². The molecule has 0 radical (unpaired) electrons. The van der Waals surface area contributed by atoms with E-state index < -0.39 is 29.4 Å². The summed E-state index contributed by atoms with van der Waals surface area (Å²) in [6, 6.07) is 9.51. The van der Waals surface area contributed by atoms with Crippen LogP contribution in [0.1, 0.15) is 32.8 Å². The van der Waals surface area contributed by atoms with E-state index in [2.05, 4.69) is 26.9 Å². The van der Waals surface area contributed by atoms with Crippen molar-refractivity contribution in [3.63, 3.8) is 0 Å². The maximum absolute atomic E-state index is 16.3. The van der Waals surface area contributed by atoms with Crippen molar-refractivity contribution in [2.75, 3.05) is 31.6 Å². The van der Waals surface area contributed by atoms with E-state index >= 15 is 4.39 Å². The lowest BCUT2D eigenvalue weighted by atomic mass is 9.96. The summed E-state index contributed by atoms with van der Waals surface area (Å²) in [5.41, 5.74) is -0.475. The molecule has 1 amide bonds. The zero-order chi connectivity index (χ0) is 30.2. The van der Waals surface area contributed by atoms with Crippen molar-refractivity contribution in [3.05, 3.63) is 53.7 Å². The summed E-state index contributed by atoms with van der Waals surface area (Å²) in [7, 11) is 1.37. The van der Waals surface area contributed by atoms with E-state index in [1.807, 2.05) is 4.90 Å². The Kier molecular flexibility index (Phi) is 7.53. The SMILES string of the molecule is C#Cc1c(F)ccc2cccc(-c3ncc4c(N5CCN(C(=O)OC(C)(C)C)[C@@H](CC#N)C5)nc(OC)nc4c3F)c12. The van der Waals surface area contributed by atoms with Gasteiger partial charge in [-0.1, -0.05) is 30.2 Å². The van der Waals surface area contributed by atoms with E-state index in [0.717, 1.165) is 0 Å². The number of hydrogen-bond acceptors (Lipinski definition) is 8. The van der Waals surface area contributed by atoms with Gasteiger partial charge in [0.25, 0.3) is 0 Å². The zero-order valence-corrected chi connectivity index (χ0v) is 23.6. The van der Waals surface area contributed by atoms with Crippen molar-refractivity contribution in [3.8, 4) is 35.7 Å². The van der Waals surface area contributed by atoms with Crippen molar-refractivity contribution in [1.29, 1.82) is 5.26 Å². The Bertz CT molecular complexity index is 1790. The molecular formula is C31H28F2N6O3. The summed E-state index contributed by atoms with van der Waals surface area (Å²) >= 11 is 0. The molecule has 1 aliphatic rings. The first-order valence-corrected chi connectivity index (χ1v) is 13.3. The molecule has 1 fully saturated rings. The number of halogens is 2. The van der Waals surface area contributed by atoms with Gasteiger partial charge in [-0.2, -0.15) is 15.2 Å². The summed E-state index contributed by atoms with van der Waals surface area (Å²) in [6.45, 7) is 6.14. The third-order valence-electron chi connectivity index (χ3n) is 6.96. The lowest BCUT2D eigenvalue weighted by Crippen LogP contribution is -2.56. The van der Waals surface area contributed by atoms with Gasteiger partial charge in [-0.15, -0.1) is 6.42 Å². The summed E-state index contributed by atoms with van der Waals surface area (Å²) in [4.78, 5) is 29.5. The van der Waals surface area contributed by atoms with Crippen LogP contribution in [0, 0.1) is 35.3 Å². The number of rotatable bonds is 4. The second kappa shape index (κ2) is 11.1. The lowest BCUT2D eigenvalue weighted by molar-refractivity contribution is 0.0145. The summed E-state index contributed by atoms with van der Waals surface area (Å²) in [5, 5.41) is 10.8. The number of hydrogen-bond donors (Lipinski definition) is 0. The number of ether oxygens (including phenoxy) is 2. The number of carbonyl (C=O) groups excluding carboxylic acids is 1. The first kappa shape index (κ1) is 28.5. The van der Waals surface area contributed by atoms with Gasteiger partial charge in [0.1, 0.15) is 28.4 Å². The summed E-state index contributed by atoms with van der Waals surface area (Å²) < 4.78 is 41.8. The standard InChI is InChI=1S/C31H28F2N6O3/c1-6-20-23(32)11-10-18-8-7-9-21(24(18)20)26-25(33)27-22(16-35-26)28(37-29(36-27)41-5)38-14-15-39(19(17-38)12-13-34)30(40)42-31(2,3)4/h1,7-11,16,19H,12,14-15,17H2,2-5H3/t19-/m0/s1. The average molecular weight is 571 g/mol. The first-order valence-electron chi connectivity index (χ1n) is 13.3. The molecule has 9 nitrogen and oxygen atoms in total. The molecule has 0 aliphatic carbocycles. The van der Waals surface area contributed by atoms with Crippen LogP contribution in [0.25, 0.3) is 32.9 Å². The van der Waals surface area contributed by atoms with E-state index in [1.165, 1.54) is 24.3 Å². The number of benzene rings is 2. The molecule has 0 N–H and O–H groups in total. The number of aromatic nitrogens is 3. The van der Waals surface area contributed by atoms with Crippen LogP contribution < -0.4 is 9.64 Å². The first-order chi connectivity index (χ1) is 20.1. The smallest absolute Gasteiger partial charge is 0.410 e. The number of methoxy groups -OCH3 is 1. The second-order valence-electron chi connectivity index (χ2n) is 10.8. The van der Waals surface area contributed by atoms with Gasteiger partial charge in [0.2, 0.25) is 0 Å². The number of nitriles is 1. The van der Waals surface area contributed by atoms with Crippen LogP contribution in [-0.2, 0) is 4.74 Å². The van der Waals surface area contributed by atoms with Crippen LogP contribution in [0.2, 0.25) is 0 Å². The molecule has 1 saturated heterocycles. The minimum Gasteiger partial charge on any atom is -0.467 e. The Morgan fingerprint density at radius 2 is 1.98 bits per heavy atom. The van der Waals surface area contributed by atoms with Crippen LogP contribution in [0.4, 0.5) is 19.4 Å². The van der Waals surface area contributed by atoms with E-state index in [0.29, 0.717) is 34.1 Å². The predicted molar refractivity (Wildman–Crippen MR) is 154 cm³/mol. The number of nitrogens with zero attached hydrogens (tertiary/aromatic N) is 6. The van der Waals surface area contributed by atoms with Crippen LogP contribution in [0.15, 0.2) is 36.5 Å². The molecule has 3 heterocycles. The maximum Gasteiger partial charge on any atom is 0.410 e. The summed E-state index contributed by atoms with van der Waals surface area (Å²) in [5.74, 6) is 1.37. The van der Waals surface area contributed by atoms with Crippen molar-refractivity contribution in [2.45, 2.75) is 38.8 Å². The van der Waals surface area contributed by atoms with Gasteiger partial charge >= 0.3 is 12.1 Å². The monoisotopic (exact) mass is 570 g/mol. The Hall–Kier alpha value is -5.03. The van der Waals surface area contributed by atoms with Gasteiger partial charge in [0, 0.05) is 36.8 Å². The second-order valence-corrected chi connectivity index (χ2v) is 10.8. The van der Waals surface area contributed by atoms with Crippen molar-refractivity contribution < 1.29 is 23.0 Å². The number of fused-ring (bicyclic) bond motifs is 2. The van der Waals surface area contributed by atoms with Gasteiger partial charge in [-0.05, 0) is 32.2 Å². The fourth-order valence-corrected chi connectivity index (χ4v) is 5.12. The molecule has 2 aromatic heterocycles. The third-order valence-corrected chi connectivity index (χ3v) is 6.96. The molecule has 2 aromatic carbocycles. The lowest BCUT2D eigenvalue weighted by Gasteiger charge is -2.41. The molecule has 0 spiro atoms. The summed E-state index contributed by atoms with van der Waals surface area (Å²) in [6.07, 6.45) is 6.62. The molecule has 0 bridgehead atoms. The largest absolute Gasteiger partial charge is 0.467 e. The topological polar surface area (TPSA) is 104 Å². The van der Waals surface area contributed by atoms with Crippen LogP contribution in [0.3, 0.4) is 0 Å². The zero-order valence-electron chi connectivity index (χ0n) is 23.6. The number of piperazine rings is 1. The van der Waals surface area contributed by atoms with E-state index in [4.69, 9.17) is 15.9 Å². The number of pyridine rings is 1. The maximum atomic E-state index is 16.3. The Balaban J connectivity index is 1.60. The molecule has 1 aliphatic heterocycles. The fraction of sp³-hybridized carbons (Fsp3) is 0.323. The Labute approximate surface area is 241 Å². The fourth-order valence-electron chi connectivity index (χ4n) is 5.12. The van der Waals surface area contributed by atoms with Gasteiger partial charge in [-0.25, -0.2) is 13.6 Å². The molecule has 4 aromatic rings. The molecule has 0 unspecified atom stereocenters. The number of amides is 1. The Morgan fingerprint density at radius 3 is 2.67 bits per heavy atom. The predicted octanol–water partition coefficient (Wildman–Crippen LogP) is 5.45. The van der Waals surface area contributed by atoms with Crippen LogP contribution in [-0.4, -0.2) is 64.3 Å². The molecule has 0 saturated carbocycles. The van der Waals surface area contributed by atoms with Crippen molar-refractivity contribution in [1.82, 2.24) is 19.9 Å². The van der Waals surface area contributed by atoms with Crippen LogP contribution in [0.5, 0.6) is 6.01 Å². The minimum atomic E-state index is -0.754. The highest BCUT2D eigenvalue weighted by atomic mass is 19.1. The molecule has 11 heteroatoms. The van der Waals surface area contributed by atoms with Crippen molar-refractivity contribution in [2.24, 2.45) is 0 Å². The molecule has 42 heavy (non-hydrogen) atoms.